The zero-order valence-corrected chi connectivity index (χ0v) is 15.5. The number of hydrogen-bond acceptors (Lipinski definition) is 7. The Hall–Kier alpha value is -3.98. The largest absolute Gasteiger partial charge is 0.573 e. The number of anilines is 1. The fourth-order valence-electron chi connectivity index (χ4n) is 2.36. The quantitative estimate of drug-likeness (QED) is 0.270. The zero-order valence-electron chi connectivity index (χ0n) is 14.6. The van der Waals surface area contributed by atoms with E-state index in [1.54, 1.807) is 6.07 Å². The highest BCUT2D eigenvalue weighted by atomic mass is 32.1. The minimum atomic E-state index is -4.84. The normalized spacial score (nSPS) is 11.7. The average molecular weight is 434 g/mol. The molecule has 0 atom stereocenters. The molecule has 0 saturated carbocycles. The van der Waals surface area contributed by atoms with Gasteiger partial charge in [-0.15, -0.1) is 13.2 Å². The number of amides is 1. The fourth-order valence-corrected chi connectivity index (χ4v) is 3.25. The Morgan fingerprint density at radius 2 is 2.07 bits per heavy atom. The van der Waals surface area contributed by atoms with Crippen molar-refractivity contribution in [2.24, 2.45) is 0 Å². The molecule has 152 valence electrons. The standard InChI is InChI=1S/C18H9F3N4O4S/c19-18(20,21)29-13-4-5-14-15(8-13)30-17(23-14)24-16(26)11(9-22)6-10-2-1-3-12(7-10)25(27)28/h1-8H,(H,23,24,26)/b11-6-. The number of carbonyl (C=O) groups is 1. The van der Waals surface area contributed by atoms with Gasteiger partial charge in [-0.2, -0.15) is 5.26 Å². The lowest BCUT2D eigenvalue weighted by molar-refractivity contribution is -0.384. The van der Waals surface area contributed by atoms with Gasteiger partial charge in [0.2, 0.25) is 0 Å². The van der Waals surface area contributed by atoms with E-state index < -0.39 is 22.9 Å². The monoisotopic (exact) mass is 434 g/mol. The molecule has 1 aromatic heterocycles. The van der Waals surface area contributed by atoms with Gasteiger partial charge in [0, 0.05) is 18.2 Å². The number of nitro groups is 1. The third-order valence-corrected chi connectivity index (χ3v) is 4.50. The van der Waals surface area contributed by atoms with Crippen molar-refractivity contribution in [1.29, 1.82) is 5.26 Å². The van der Waals surface area contributed by atoms with Crippen molar-refractivity contribution in [3.05, 3.63) is 63.7 Å². The third-order valence-electron chi connectivity index (χ3n) is 3.57. The van der Waals surface area contributed by atoms with E-state index in [2.05, 4.69) is 15.0 Å². The number of benzene rings is 2. The Morgan fingerprint density at radius 1 is 1.30 bits per heavy atom. The highest BCUT2D eigenvalue weighted by molar-refractivity contribution is 7.22. The smallest absolute Gasteiger partial charge is 0.406 e. The molecule has 12 heteroatoms. The van der Waals surface area contributed by atoms with Gasteiger partial charge >= 0.3 is 6.36 Å². The van der Waals surface area contributed by atoms with E-state index in [0.29, 0.717) is 10.2 Å². The second-order valence-corrected chi connectivity index (χ2v) is 6.70. The summed E-state index contributed by atoms with van der Waals surface area (Å²) in [5.41, 5.74) is 0.0560. The molecule has 0 unspecified atom stereocenters. The summed E-state index contributed by atoms with van der Waals surface area (Å²) >= 11 is 0.890. The number of nitrogens with zero attached hydrogens (tertiary/aromatic N) is 3. The lowest BCUT2D eigenvalue weighted by atomic mass is 10.1. The summed E-state index contributed by atoms with van der Waals surface area (Å²) in [4.78, 5) is 26.7. The van der Waals surface area contributed by atoms with Crippen LogP contribution in [-0.2, 0) is 4.79 Å². The molecule has 0 bridgehead atoms. The lowest BCUT2D eigenvalue weighted by Gasteiger charge is -2.07. The topological polar surface area (TPSA) is 118 Å². The third kappa shape index (κ3) is 5.09. The second-order valence-electron chi connectivity index (χ2n) is 5.67. The Kier molecular flexibility index (Phi) is 5.65. The predicted molar refractivity (Wildman–Crippen MR) is 102 cm³/mol. The molecular weight excluding hydrogens is 425 g/mol. The van der Waals surface area contributed by atoms with Gasteiger partial charge in [-0.05, 0) is 23.8 Å². The van der Waals surface area contributed by atoms with Crippen molar-refractivity contribution in [2.75, 3.05) is 5.32 Å². The number of nitro benzene ring substituents is 1. The van der Waals surface area contributed by atoms with Gasteiger partial charge in [0.05, 0.1) is 15.1 Å². The maximum absolute atomic E-state index is 12.4. The highest BCUT2D eigenvalue weighted by Gasteiger charge is 2.31. The maximum atomic E-state index is 12.4. The Balaban J connectivity index is 1.81. The van der Waals surface area contributed by atoms with E-state index in [-0.39, 0.29) is 22.0 Å². The Labute approximate surface area is 170 Å². The summed E-state index contributed by atoms with van der Waals surface area (Å²) < 4.78 is 41.2. The zero-order chi connectivity index (χ0) is 21.9. The van der Waals surface area contributed by atoms with Crippen molar-refractivity contribution in [2.45, 2.75) is 6.36 Å². The Morgan fingerprint density at radius 3 is 2.73 bits per heavy atom. The molecule has 0 aliphatic heterocycles. The minimum absolute atomic E-state index is 0.0550. The number of alkyl halides is 3. The van der Waals surface area contributed by atoms with Crippen molar-refractivity contribution in [3.63, 3.8) is 0 Å². The molecule has 3 rings (SSSR count). The van der Waals surface area contributed by atoms with Crippen LogP contribution in [0.1, 0.15) is 5.56 Å². The molecule has 0 aliphatic rings. The van der Waals surface area contributed by atoms with Crippen molar-refractivity contribution in [1.82, 2.24) is 4.98 Å². The number of fused-ring (bicyclic) bond motifs is 1. The van der Waals surface area contributed by atoms with Crippen LogP contribution in [-0.4, -0.2) is 22.2 Å². The highest BCUT2D eigenvalue weighted by Crippen LogP contribution is 2.31. The molecule has 3 aromatic rings. The summed E-state index contributed by atoms with van der Waals surface area (Å²) in [6, 6.07) is 10.6. The Bertz CT molecular complexity index is 1210. The van der Waals surface area contributed by atoms with Crippen LogP contribution in [0.5, 0.6) is 5.75 Å². The number of nitrogens with one attached hydrogen (secondary N) is 1. The van der Waals surface area contributed by atoms with Crippen molar-refractivity contribution < 1.29 is 27.6 Å². The fraction of sp³-hybridized carbons (Fsp3) is 0.0556. The summed E-state index contributed by atoms with van der Waals surface area (Å²) in [5.74, 6) is -1.25. The summed E-state index contributed by atoms with van der Waals surface area (Å²) in [6.07, 6.45) is -3.67. The average Bonchev–Trinajstić information content (AvgIpc) is 3.06. The van der Waals surface area contributed by atoms with Crippen molar-refractivity contribution in [3.8, 4) is 11.8 Å². The number of rotatable bonds is 5. The van der Waals surface area contributed by atoms with Crippen LogP contribution >= 0.6 is 11.3 Å². The number of carbonyl (C=O) groups excluding carboxylic acids is 1. The number of nitriles is 1. The van der Waals surface area contributed by atoms with Gasteiger partial charge in [-0.25, -0.2) is 4.98 Å². The van der Waals surface area contributed by atoms with Crippen LogP contribution in [0.2, 0.25) is 0 Å². The van der Waals surface area contributed by atoms with E-state index in [4.69, 9.17) is 0 Å². The molecule has 0 radical (unpaired) electrons. The van der Waals surface area contributed by atoms with Crippen LogP contribution < -0.4 is 10.1 Å². The molecule has 1 amide bonds. The first-order chi connectivity index (χ1) is 14.1. The van der Waals surface area contributed by atoms with Gasteiger partial charge in [0.25, 0.3) is 11.6 Å². The van der Waals surface area contributed by atoms with Crippen LogP contribution in [0.3, 0.4) is 0 Å². The van der Waals surface area contributed by atoms with Crippen molar-refractivity contribution >= 4 is 44.4 Å². The molecule has 0 fully saturated rings. The molecular formula is C18H9F3N4O4S. The van der Waals surface area contributed by atoms with Crippen LogP contribution in [0.15, 0.2) is 48.0 Å². The number of halogens is 3. The predicted octanol–water partition coefficient (Wildman–Crippen LogP) is 4.65. The number of ether oxygens (including phenoxy) is 1. The van der Waals surface area contributed by atoms with E-state index in [0.717, 1.165) is 23.5 Å². The van der Waals surface area contributed by atoms with E-state index >= 15 is 0 Å². The maximum Gasteiger partial charge on any atom is 0.573 e. The number of thiazole rings is 1. The summed E-state index contributed by atoms with van der Waals surface area (Å²) in [7, 11) is 0. The number of non-ortho nitro benzene ring substituents is 1. The number of aromatic nitrogens is 1. The molecule has 1 heterocycles. The first-order valence-corrected chi connectivity index (χ1v) is 8.80. The molecule has 30 heavy (non-hydrogen) atoms. The molecule has 8 nitrogen and oxygen atoms in total. The van der Waals surface area contributed by atoms with Gasteiger partial charge in [0.1, 0.15) is 17.4 Å². The van der Waals surface area contributed by atoms with E-state index in [9.17, 15) is 33.3 Å². The minimum Gasteiger partial charge on any atom is -0.406 e. The van der Waals surface area contributed by atoms with E-state index in [1.807, 2.05) is 0 Å². The second kappa shape index (κ2) is 8.18. The molecule has 2 aromatic carbocycles. The summed E-state index contributed by atoms with van der Waals surface area (Å²) in [6.45, 7) is 0. The number of hydrogen-bond donors (Lipinski definition) is 1. The van der Waals surface area contributed by atoms with Gasteiger partial charge in [-0.3, -0.25) is 20.2 Å². The van der Waals surface area contributed by atoms with Crippen LogP contribution in [0.4, 0.5) is 24.0 Å². The van der Waals surface area contributed by atoms with Crippen LogP contribution in [0, 0.1) is 21.4 Å². The molecule has 0 aliphatic carbocycles. The van der Waals surface area contributed by atoms with Gasteiger partial charge in [0.15, 0.2) is 5.13 Å². The van der Waals surface area contributed by atoms with Gasteiger partial charge in [-0.1, -0.05) is 23.5 Å². The first kappa shape index (κ1) is 20.7. The lowest BCUT2D eigenvalue weighted by Crippen LogP contribution is -2.16. The molecule has 0 spiro atoms. The van der Waals surface area contributed by atoms with Gasteiger partial charge < -0.3 is 4.74 Å². The van der Waals surface area contributed by atoms with E-state index in [1.165, 1.54) is 36.4 Å². The summed E-state index contributed by atoms with van der Waals surface area (Å²) in [5, 5.41) is 22.5. The SMILES string of the molecule is N#C/C(=C/c1cccc([N+](=O)[O-])c1)C(=O)Nc1nc2ccc(OC(F)(F)F)cc2s1. The molecule has 1 N–H and O–H groups in total. The first-order valence-electron chi connectivity index (χ1n) is 7.98. The molecule has 0 saturated heterocycles. The van der Waals surface area contributed by atoms with Crippen LogP contribution in [0.25, 0.3) is 16.3 Å².